The summed E-state index contributed by atoms with van der Waals surface area (Å²) in [5.41, 5.74) is 1.56. The van der Waals surface area contributed by atoms with E-state index in [-0.39, 0.29) is 5.91 Å². The van der Waals surface area contributed by atoms with Crippen LogP contribution in [0.25, 0.3) is 0 Å². The molecule has 0 bridgehead atoms. The van der Waals surface area contributed by atoms with Gasteiger partial charge in [0.05, 0.1) is 0 Å². The molecule has 2 aliphatic heterocycles. The average molecular weight is 288 g/mol. The SMILES string of the molecule is O=C1NCCc2c(NC3CCOCC3)nc(C3CC3)nc21. The fraction of sp³-hybridized carbons (Fsp3) is 0.667. The number of anilines is 1. The van der Waals surface area contributed by atoms with Crippen LogP contribution in [0, 0.1) is 0 Å². The van der Waals surface area contributed by atoms with Crippen molar-refractivity contribution in [3.63, 3.8) is 0 Å². The van der Waals surface area contributed by atoms with Crippen LogP contribution in [-0.2, 0) is 11.2 Å². The van der Waals surface area contributed by atoms with E-state index in [0.29, 0.717) is 24.2 Å². The lowest BCUT2D eigenvalue weighted by atomic mass is 10.0. The Hall–Kier alpha value is -1.69. The van der Waals surface area contributed by atoms with E-state index in [0.717, 1.165) is 62.5 Å². The van der Waals surface area contributed by atoms with E-state index >= 15 is 0 Å². The molecule has 0 unspecified atom stereocenters. The first-order valence-electron chi connectivity index (χ1n) is 7.84. The number of carbonyl (C=O) groups is 1. The molecule has 0 aromatic carbocycles. The van der Waals surface area contributed by atoms with Gasteiger partial charge in [-0.2, -0.15) is 0 Å². The second kappa shape index (κ2) is 5.26. The van der Waals surface area contributed by atoms with Gasteiger partial charge in [0.15, 0.2) is 0 Å². The van der Waals surface area contributed by atoms with Crippen molar-refractivity contribution in [1.29, 1.82) is 0 Å². The van der Waals surface area contributed by atoms with Gasteiger partial charge in [-0.25, -0.2) is 9.97 Å². The highest BCUT2D eigenvalue weighted by Gasteiger charge is 2.31. The number of aromatic nitrogens is 2. The quantitative estimate of drug-likeness (QED) is 0.875. The van der Waals surface area contributed by atoms with Crippen LogP contribution < -0.4 is 10.6 Å². The van der Waals surface area contributed by atoms with Crippen LogP contribution in [0.3, 0.4) is 0 Å². The zero-order valence-corrected chi connectivity index (χ0v) is 12.0. The lowest BCUT2D eigenvalue weighted by molar-refractivity contribution is 0.0901. The maximum atomic E-state index is 12.1. The summed E-state index contributed by atoms with van der Waals surface area (Å²) in [4.78, 5) is 21.3. The standard InChI is InChI=1S/C15H20N4O2/c20-15-12-11(3-6-16-15)14(17-10-4-7-21-8-5-10)19-13(18-12)9-1-2-9/h9-10H,1-8H2,(H,16,20)(H,17,18,19). The van der Waals surface area contributed by atoms with E-state index in [1.807, 2.05) is 0 Å². The molecule has 1 saturated carbocycles. The zero-order chi connectivity index (χ0) is 14.2. The minimum Gasteiger partial charge on any atom is -0.381 e. The highest BCUT2D eigenvalue weighted by atomic mass is 16.5. The molecule has 1 aliphatic carbocycles. The molecule has 1 aromatic heterocycles. The minimum absolute atomic E-state index is 0.0597. The Bertz CT molecular complexity index is 565. The van der Waals surface area contributed by atoms with Crippen LogP contribution >= 0.6 is 0 Å². The van der Waals surface area contributed by atoms with Gasteiger partial charge in [-0.3, -0.25) is 4.79 Å². The van der Waals surface area contributed by atoms with Gasteiger partial charge in [0.25, 0.3) is 5.91 Å². The largest absolute Gasteiger partial charge is 0.381 e. The maximum Gasteiger partial charge on any atom is 0.270 e. The number of hydrogen-bond donors (Lipinski definition) is 2. The van der Waals surface area contributed by atoms with Gasteiger partial charge in [0.1, 0.15) is 17.3 Å². The van der Waals surface area contributed by atoms with Gasteiger partial charge in [0, 0.05) is 37.3 Å². The first kappa shape index (κ1) is 13.0. The molecule has 3 aliphatic rings. The van der Waals surface area contributed by atoms with E-state index in [1.165, 1.54) is 0 Å². The Morgan fingerprint density at radius 3 is 2.71 bits per heavy atom. The fourth-order valence-electron chi connectivity index (χ4n) is 2.99. The molecule has 6 heteroatoms. The number of amides is 1. The van der Waals surface area contributed by atoms with Gasteiger partial charge >= 0.3 is 0 Å². The highest BCUT2D eigenvalue weighted by Crippen LogP contribution is 2.39. The minimum atomic E-state index is -0.0597. The van der Waals surface area contributed by atoms with Crippen molar-refractivity contribution in [3.8, 4) is 0 Å². The molecule has 2 N–H and O–H groups in total. The van der Waals surface area contributed by atoms with Crippen molar-refractivity contribution in [2.24, 2.45) is 0 Å². The molecule has 6 nitrogen and oxygen atoms in total. The summed E-state index contributed by atoms with van der Waals surface area (Å²) < 4.78 is 5.40. The number of hydrogen-bond acceptors (Lipinski definition) is 5. The summed E-state index contributed by atoms with van der Waals surface area (Å²) in [5.74, 6) is 2.10. The molecule has 2 fully saturated rings. The van der Waals surface area contributed by atoms with E-state index in [9.17, 15) is 4.79 Å². The molecule has 1 aromatic rings. The van der Waals surface area contributed by atoms with Crippen molar-refractivity contribution < 1.29 is 9.53 Å². The van der Waals surface area contributed by atoms with E-state index in [1.54, 1.807) is 0 Å². The highest BCUT2D eigenvalue weighted by molar-refractivity contribution is 5.96. The maximum absolute atomic E-state index is 12.1. The first-order valence-corrected chi connectivity index (χ1v) is 7.84. The topological polar surface area (TPSA) is 76.1 Å². The molecule has 4 rings (SSSR count). The molecule has 112 valence electrons. The third kappa shape index (κ3) is 2.60. The van der Waals surface area contributed by atoms with E-state index in [4.69, 9.17) is 9.72 Å². The number of nitrogens with zero attached hydrogens (tertiary/aromatic N) is 2. The van der Waals surface area contributed by atoms with Gasteiger partial charge < -0.3 is 15.4 Å². The van der Waals surface area contributed by atoms with Gasteiger partial charge in [-0.15, -0.1) is 0 Å². The van der Waals surface area contributed by atoms with Gasteiger partial charge in [0.2, 0.25) is 0 Å². The Morgan fingerprint density at radius 1 is 1.14 bits per heavy atom. The summed E-state index contributed by atoms with van der Waals surface area (Å²) in [6.45, 7) is 2.25. The molecule has 0 atom stereocenters. The monoisotopic (exact) mass is 288 g/mol. The molecule has 1 saturated heterocycles. The van der Waals surface area contributed by atoms with Crippen molar-refractivity contribution in [3.05, 3.63) is 17.1 Å². The summed E-state index contributed by atoms with van der Waals surface area (Å²) in [5, 5.41) is 6.42. The molecule has 3 heterocycles. The fourth-order valence-corrected chi connectivity index (χ4v) is 2.99. The Kier molecular flexibility index (Phi) is 3.25. The van der Waals surface area contributed by atoms with Crippen LogP contribution in [0.15, 0.2) is 0 Å². The second-order valence-electron chi connectivity index (χ2n) is 6.07. The van der Waals surface area contributed by atoms with Crippen LogP contribution in [0.2, 0.25) is 0 Å². The second-order valence-corrected chi connectivity index (χ2v) is 6.07. The summed E-state index contributed by atoms with van der Waals surface area (Å²) in [7, 11) is 0. The van der Waals surface area contributed by atoms with Crippen LogP contribution in [0.5, 0.6) is 0 Å². The van der Waals surface area contributed by atoms with Crippen molar-refractivity contribution in [2.45, 2.75) is 44.1 Å². The number of fused-ring (bicyclic) bond motifs is 1. The van der Waals surface area contributed by atoms with E-state index in [2.05, 4.69) is 15.6 Å². The predicted molar refractivity (Wildman–Crippen MR) is 77.5 cm³/mol. The van der Waals surface area contributed by atoms with Crippen LogP contribution in [0.1, 0.15) is 53.5 Å². The molecule has 0 radical (unpaired) electrons. The third-order valence-corrected chi connectivity index (χ3v) is 4.40. The smallest absolute Gasteiger partial charge is 0.270 e. The number of nitrogens with one attached hydrogen (secondary N) is 2. The summed E-state index contributed by atoms with van der Waals surface area (Å²) >= 11 is 0. The Morgan fingerprint density at radius 2 is 1.95 bits per heavy atom. The predicted octanol–water partition coefficient (Wildman–Crippen LogP) is 1.23. The van der Waals surface area contributed by atoms with Crippen molar-refractivity contribution in [2.75, 3.05) is 25.1 Å². The zero-order valence-electron chi connectivity index (χ0n) is 12.0. The van der Waals surface area contributed by atoms with E-state index < -0.39 is 0 Å². The van der Waals surface area contributed by atoms with Gasteiger partial charge in [-0.05, 0) is 32.1 Å². The molecule has 21 heavy (non-hydrogen) atoms. The lowest BCUT2D eigenvalue weighted by Gasteiger charge is -2.26. The number of ether oxygens (including phenoxy) is 1. The molecular weight excluding hydrogens is 268 g/mol. The molecule has 1 amide bonds. The first-order chi connectivity index (χ1) is 10.3. The Labute approximate surface area is 123 Å². The van der Waals surface area contributed by atoms with Crippen molar-refractivity contribution in [1.82, 2.24) is 15.3 Å². The number of carbonyl (C=O) groups excluding carboxylic acids is 1. The van der Waals surface area contributed by atoms with Crippen LogP contribution in [0.4, 0.5) is 5.82 Å². The Balaban J connectivity index is 1.68. The summed E-state index contributed by atoms with van der Waals surface area (Å²) in [6.07, 6.45) is 5.05. The number of rotatable bonds is 3. The third-order valence-electron chi connectivity index (χ3n) is 4.40. The molecule has 0 spiro atoms. The summed E-state index contributed by atoms with van der Waals surface area (Å²) in [6, 6.07) is 0.384. The normalized spacial score (nSPS) is 22.6. The van der Waals surface area contributed by atoms with Crippen LogP contribution in [-0.4, -0.2) is 41.7 Å². The van der Waals surface area contributed by atoms with Gasteiger partial charge in [-0.1, -0.05) is 0 Å². The van der Waals surface area contributed by atoms with Crippen molar-refractivity contribution >= 4 is 11.7 Å². The molecular formula is C15H20N4O2. The lowest BCUT2D eigenvalue weighted by Crippen LogP contribution is -2.35. The average Bonchev–Trinajstić information content (AvgIpc) is 3.34.